The number of carbonyl (C=O) groups is 1. The van der Waals surface area contributed by atoms with Gasteiger partial charge in [-0.25, -0.2) is 9.59 Å². The van der Waals surface area contributed by atoms with Crippen LogP contribution in [0.4, 0.5) is 4.79 Å². The van der Waals surface area contributed by atoms with Crippen LogP contribution in [-0.4, -0.2) is 37.3 Å². The van der Waals surface area contributed by atoms with Crippen LogP contribution in [-0.2, 0) is 9.47 Å². The molecular weight excluding hydrogens is 555 g/mol. The minimum atomic E-state index is -1.13. The summed E-state index contributed by atoms with van der Waals surface area (Å²) >= 11 is 12.8. The van der Waals surface area contributed by atoms with Crippen molar-refractivity contribution in [3.05, 3.63) is 70.7 Å². The minimum absolute atomic E-state index is 0.0412. The van der Waals surface area contributed by atoms with Gasteiger partial charge in [0.2, 0.25) is 11.6 Å². The first-order valence-electron chi connectivity index (χ1n) is 11.7. The maximum absolute atomic E-state index is 13.0. The third kappa shape index (κ3) is 6.84. The second kappa shape index (κ2) is 12.6. The lowest BCUT2D eigenvalue weighted by Gasteiger charge is -2.18. The van der Waals surface area contributed by atoms with Gasteiger partial charge in [0, 0.05) is 11.6 Å². The normalized spacial score (nSPS) is 11.6. The molecule has 15 heteroatoms. The molecule has 0 aliphatic carbocycles. The van der Waals surface area contributed by atoms with Gasteiger partial charge in [-0.3, -0.25) is 14.6 Å². The van der Waals surface area contributed by atoms with E-state index in [4.69, 9.17) is 42.7 Å². The summed E-state index contributed by atoms with van der Waals surface area (Å²) in [6.45, 7) is 7.14. The first-order chi connectivity index (χ1) is 18.5. The Bertz CT molecular complexity index is 1580. The molecule has 0 amide bonds. The standard InChI is InChI=1S/C24H24Cl2N6O7/c1-5-6-7-37-24(36)38-13(4)31-22(34)15(12(2)3)10-19(30-31)39-20-16(25)8-14(9-17(20)26)32-23(35)28-21(33)18(11-27)29-32/h8-10,12-13H,5-7H2,1-4H3,(H,28,33,35). The SMILES string of the molecule is CCCCOC(=O)OC(C)n1nc(Oc2c(Cl)cc(-n3nc(C#N)c(=O)[nH]c3=O)cc2Cl)cc(C(C)C)c1=O. The van der Waals surface area contributed by atoms with Gasteiger partial charge in [0.15, 0.2) is 12.0 Å². The zero-order valence-electron chi connectivity index (χ0n) is 21.4. The third-order valence-corrected chi connectivity index (χ3v) is 5.82. The number of rotatable bonds is 9. The van der Waals surface area contributed by atoms with Crippen molar-refractivity contribution < 1.29 is 19.0 Å². The molecule has 0 saturated carbocycles. The van der Waals surface area contributed by atoms with Crippen molar-refractivity contribution in [3.8, 4) is 23.4 Å². The summed E-state index contributed by atoms with van der Waals surface area (Å²) < 4.78 is 17.7. The third-order valence-electron chi connectivity index (χ3n) is 5.26. The lowest BCUT2D eigenvalue weighted by atomic mass is 10.1. The number of unbranched alkanes of at least 4 members (excludes halogenated alkanes) is 1. The molecule has 0 radical (unpaired) electrons. The Morgan fingerprint density at radius 2 is 1.79 bits per heavy atom. The van der Waals surface area contributed by atoms with Crippen molar-refractivity contribution >= 4 is 29.4 Å². The van der Waals surface area contributed by atoms with Crippen molar-refractivity contribution in [2.45, 2.75) is 52.7 Å². The maximum Gasteiger partial charge on any atom is 0.510 e. The van der Waals surface area contributed by atoms with E-state index in [-0.39, 0.29) is 39.9 Å². The number of H-pyrrole nitrogens is 1. The van der Waals surface area contributed by atoms with Gasteiger partial charge in [0.05, 0.1) is 22.3 Å². The molecule has 39 heavy (non-hydrogen) atoms. The monoisotopic (exact) mass is 578 g/mol. The number of hydrogen-bond donors (Lipinski definition) is 1. The van der Waals surface area contributed by atoms with E-state index in [1.54, 1.807) is 19.9 Å². The van der Waals surface area contributed by atoms with Gasteiger partial charge in [-0.05, 0) is 31.4 Å². The average molecular weight is 579 g/mol. The number of nitrogens with zero attached hydrogens (tertiary/aromatic N) is 5. The molecule has 1 unspecified atom stereocenters. The van der Waals surface area contributed by atoms with E-state index in [1.165, 1.54) is 25.1 Å². The minimum Gasteiger partial charge on any atom is -0.434 e. The first kappa shape index (κ1) is 29.4. The summed E-state index contributed by atoms with van der Waals surface area (Å²) in [7, 11) is 0. The van der Waals surface area contributed by atoms with E-state index in [0.717, 1.165) is 15.8 Å². The Hall–Kier alpha value is -4.15. The molecule has 2 aromatic heterocycles. The number of nitriles is 1. The number of hydrogen-bond acceptors (Lipinski definition) is 10. The largest absolute Gasteiger partial charge is 0.510 e. The molecule has 1 atom stereocenters. The van der Waals surface area contributed by atoms with Crippen LogP contribution >= 0.6 is 23.2 Å². The number of nitrogens with one attached hydrogen (secondary N) is 1. The maximum atomic E-state index is 13.0. The van der Waals surface area contributed by atoms with Crippen molar-refractivity contribution in [2.24, 2.45) is 0 Å². The van der Waals surface area contributed by atoms with Crippen LogP contribution in [0.2, 0.25) is 10.0 Å². The highest BCUT2D eigenvalue weighted by atomic mass is 35.5. The molecule has 3 rings (SSSR count). The quantitative estimate of drug-likeness (QED) is 0.288. The molecule has 2 heterocycles. The lowest BCUT2D eigenvalue weighted by molar-refractivity contribution is -0.00398. The second-order valence-corrected chi connectivity index (χ2v) is 9.30. The fraction of sp³-hybridized carbons (Fsp3) is 0.375. The molecule has 206 valence electrons. The Morgan fingerprint density at radius 3 is 2.38 bits per heavy atom. The number of ether oxygens (including phenoxy) is 3. The summed E-state index contributed by atoms with van der Waals surface area (Å²) in [5.74, 6) is -0.408. The van der Waals surface area contributed by atoms with E-state index in [1.807, 2.05) is 11.9 Å². The van der Waals surface area contributed by atoms with Crippen LogP contribution in [0.25, 0.3) is 5.69 Å². The van der Waals surface area contributed by atoms with Crippen LogP contribution in [0, 0.1) is 11.3 Å². The van der Waals surface area contributed by atoms with E-state index in [9.17, 15) is 19.2 Å². The molecule has 0 aliphatic rings. The molecule has 0 fully saturated rings. The Morgan fingerprint density at radius 1 is 1.13 bits per heavy atom. The zero-order chi connectivity index (χ0) is 28.9. The highest BCUT2D eigenvalue weighted by Crippen LogP contribution is 2.37. The van der Waals surface area contributed by atoms with E-state index < -0.39 is 34.9 Å². The zero-order valence-corrected chi connectivity index (χ0v) is 22.9. The summed E-state index contributed by atoms with van der Waals surface area (Å²) in [5.41, 5.74) is -2.55. The molecule has 0 spiro atoms. The van der Waals surface area contributed by atoms with Gasteiger partial charge in [0.25, 0.3) is 11.1 Å². The number of aromatic amines is 1. The predicted octanol–water partition coefficient (Wildman–Crippen LogP) is 4.04. The summed E-state index contributed by atoms with van der Waals surface area (Å²) in [4.78, 5) is 50.9. The van der Waals surface area contributed by atoms with E-state index in [2.05, 4.69) is 10.2 Å². The van der Waals surface area contributed by atoms with Crippen molar-refractivity contribution in [1.82, 2.24) is 24.5 Å². The van der Waals surface area contributed by atoms with Crippen LogP contribution in [0.15, 0.2) is 32.6 Å². The van der Waals surface area contributed by atoms with Gasteiger partial charge in [-0.1, -0.05) is 50.4 Å². The summed E-state index contributed by atoms with van der Waals surface area (Å²) in [6, 6.07) is 5.53. The fourth-order valence-electron chi connectivity index (χ4n) is 3.26. The molecule has 1 N–H and O–H groups in total. The Balaban J connectivity index is 1.99. The van der Waals surface area contributed by atoms with Crippen LogP contribution in [0.5, 0.6) is 11.6 Å². The molecule has 0 aliphatic heterocycles. The first-order valence-corrected chi connectivity index (χ1v) is 12.5. The topological polar surface area (TPSA) is 171 Å². The number of benzene rings is 1. The van der Waals surface area contributed by atoms with Gasteiger partial charge < -0.3 is 14.2 Å². The Kier molecular flexibility index (Phi) is 9.50. The van der Waals surface area contributed by atoms with Crippen LogP contribution in [0.3, 0.4) is 0 Å². The number of halogens is 2. The molecule has 1 aromatic carbocycles. The van der Waals surface area contributed by atoms with Gasteiger partial charge >= 0.3 is 11.8 Å². The fourth-order valence-corrected chi connectivity index (χ4v) is 3.81. The number of carbonyl (C=O) groups excluding carboxylic acids is 1. The average Bonchev–Trinajstić information content (AvgIpc) is 2.86. The molecule has 13 nitrogen and oxygen atoms in total. The van der Waals surface area contributed by atoms with Crippen molar-refractivity contribution in [3.63, 3.8) is 0 Å². The van der Waals surface area contributed by atoms with Crippen molar-refractivity contribution in [2.75, 3.05) is 6.61 Å². The molecule has 0 bridgehead atoms. The summed E-state index contributed by atoms with van der Waals surface area (Å²) in [5, 5.41) is 16.8. The Labute approximate surface area is 231 Å². The molecular formula is C24H24Cl2N6O7. The van der Waals surface area contributed by atoms with Gasteiger partial charge in [0.1, 0.15) is 6.07 Å². The predicted molar refractivity (Wildman–Crippen MR) is 140 cm³/mol. The number of aromatic nitrogens is 5. The molecule has 3 aromatic rings. The second-order valence-electron chi connectivity index (χ2n) is 8.48. The smallest absolute Gasteiger partial charge is 0.434 e. The van der Waals surface area contributed by atoms with Crippen LogP contribution < -0.4 is 21.5 Å². The highest BCUT2D eigenvalue weighted by Gasteiger charge is 2.22. The lowest BCUT2D eigenvalue weighted by Crippen LogP contribution is -2.33. The highest BCUT2D eigenvalue weighted by molar-refractivity contribution is 6.37. The van der Waals surface area contributed by atoms with E-state index >= 15 is 0 Å². The molecule has 0 saturated heterocycles. The summed E-state index contributed by atoms with van der Waals surface area (Å²) in [6.07, 6.45) is -0.593. The van der Waals surface area contributed by atoms with Crippen molar-refractivity contribution in [1.29, 1.82) is 5.26 Å². The van der Waals surface area contributed by atoms with Gasteiger partial charge in [-0.2, -0.15) is 14.6 Å². The van der Waals surface area contributed by atoms with Crippen LogP contribution in [0.1, 0.15) is 63.9 Å². The van der Waals surface area contributed by atoms with Gasteiger partial charge in [-0.15, -0.1) is 10.2 Å². The van der Waals surface area contributed by atoms with E-state index in [0.29, 0.717) is 12.0 Å².